The van der Waals surface area contributed by atoms with Crippen LogP contribution >= 0.6 is 34.7 Å². The van der Waals surface area contributed by atoms with Crippen LogP contribution < -0.4 is 0 Å². The van der Waals surface area contributed by atoms with Gasteiger partial charge in [-0.2, -0.15) is 11.8 Å². The highest BCUT2D eigenvalue weighted by molar-refractivity contribution is 7.99. The Labute approximate surface area is 84.7 Å². The predicted molar refractivity (Wildman–Crippen MR) is 55.2 cm³/mol. The van der Waals surface area contributed by atoms with Crippen LogP contribution in [0.15, 0.2) is 11.4 Å². The first kappa shape index (κ1) is 8.88. The molecule has 1 aromatic rings. The molecule has 1 aliphatic rings. The molecule has 1 fully saturated rings. The van der Waals surface area contributed by atoms with Gasteiger partial charge in [-0.25, -0.2) is 0 Å². The fourth-order valence-corrected chi connectivity index (χ4v) is 4.06. The Morgan fingerprint density at radius 2 is 2.42 bits per heavy atom. The predicted octanol–water partition coefficient (Wildman–Crippen LogP) is 2.73. The van der Waals surface area contributed by atoms with Gasteiger partial charge in [0.15, 0.2) is 0 Å². The van der Waals surface area contributed by atoms with Gasteiger partial charge < -0.3 is 5.11 Å². The van der Waals surface area contributed by atoms with Crippen LogP contribution in [0.25, 0.3) is 0 Å². The fourth-order valence-electron chi connectivity index (χ4n) is 1.36. The lowest BCUT2D eigenvalue weighted by atomic mass is 10.0. The van der Waals surface area contributed by atoms with Gasteiger partial charge in [-0.3, -0.25) is 0 Å². The van der Waals surface area contributed by atoms with Crippen molar-refractivity contribution < 1.29 is 5.11 Å². The van der Waals surface area contributed by atoms with Crippen LogP contribution in [0.4, 0.5) is 0 Å². The first-order chi connectivity index (χ1) is 5.72. The van der Waals surface area contributed by atoms with Gasteiger partial charge >= 0.3 is 0 Å². The monoisotopic (exact) mass is 220 g/mol. The van der Waals surface area contributed by atoms with Crippen LogP contribution in [0, 0.1) is 0 Å². The van der Waals surface area contributed by atoms with Crippen molar-refractivity contribution in [3.8, 4) is 0 Å². The molecular weight excluding hydrogens is 212 g/mol. The van der Waals surface area contributed by atoms with Crippen molar-refractivity contribution in [3.63, 3.8) is 0 Å². The lowest BCUT2D eigenvalue weighted by Crippen LogP contribution is -2.23. The Bertz CT molecular complexity index is 278. The molecule has 4 heteroatoms. The standard InChI is InChI=1S/C8H9ClOS2/c9-6-1-3-12-7(6)8(10)2-4-11-5-8/h1,3,10H,2,4-5H2. The third-order valence-electron chi connectivity index (χ3n) is 2.04. The molecule has 0 saturated carbocycles. The van der Waals surface area contributed by atoms with E-state index in [2.05, 4.69) is 0 Å². The zero-order chi connectivity index (χ0) is 8.60. The van der Waals surface area contributed by atoms with Crippen molar-refractivity contribution in [1.29, 1.82) is 0 Å². The van der Waals surface area contributed by atoms with E-state index >= 15 is 0 Å². The van der Waals surface area contributed by atoms with Gasteiger partial charge in [0.1, 0.15) is 5.60 Å². The highest BCUT2D eigenvalue weighted by Crippen LogP contribution is 2.42. The summed E-state index contributed by atoms with van der Waals surface area (Å²) in [6.45, 7) is 0. The molecule has 12 heavy (non-hydrogen) atoms. The van der Waals surface area contributed by atoms with E-state index in [1.54, 1.807) is 23.1 Å². The summed E-state index contributed by atoms with van der Waals surface area (Å²) in [5, 5.41) is 12.8. The molecule has 1 aliphatic heterocycles. The molecular formula is C8H9ClOS2. The third-order valence-corrected chi connectivity index (χ3v) is 4.75. The van der Waals surface area contributed by atoms with E-state index in [0.29, 0.717) is 5.02 Å². The molecule has 1 saturated heterocycles. The van der Waals surface area contributed by atoms with Gasteiger partial charge in [-0.15, -0.1) is 11.3 Å². The maximum absolute atomic E-state index is 10.1. The highest BCUT2D eigenvalue weighted by atomic mass is 35.5. The zero-order valence-electron chi connectivity index (χ0n) is 6.42. The van der Waals surface area contributed by atoms with Gasteiger partial charge in [0, 0.05) is 5.75 Å². The number of thioether (sulfide) groups is 1. The molecule has 1 nitrogen and oxygen atoms in total. The number of hydrogen-bond donors (Lipinski definition) is 1. The Kier molecular flexibility index (Phi) is 2.38. The fraction of sp³-hybridized carbons (Fsp3) is 0.500. The van der Waals surface area contributed by atoms with Gasteiger partial charge in [-0.05, 0) is 23.6 Å². The average Bonchev–Trinajstić information content (AvgIpc) is 2.59. The van der Waals surface area contributed by atoms with Crippen LogP contribution in [-0.4, -0.2) is 16.6 Å². The molecule has 0 aromatic carbocycles. The van der Waals surface area contributed by atoms with E-state index in [9.17, 15) is 5.11 Å². The Balaban J connectivity index is 2.34. The van der Waals surface area contributed by atoms with Crippen molar-refractivity contribution >= 4 is 34.7 Å². The molecule has 66 valence electrons. The molecule has 0 amide bonds. The van der Waals surface area contributed by atoms with Crippen LogP contribution in [0.2, 0.25) is 5.02 Å². The van der Waals surface area contributed by atoms with Crippen molar-refractivity contribution in [2.45, 2.75) is 12.0 Å². The number of halogens is 1. The summed E-state index contributed by atoms with van der Waals surface area (Å²) in [5.41, 5.74) is -0.643. The van der Waals surface area contributed by atoms with Gasteiger partial charge in [0.25, 0.3) is 0 Å². The molecule has 0 spiro atoms. The van der Waals surface area contributed by atoms with E-state index < -0.39 is 5.60 Å². The van der Waals surface area contributed by atoms with E-state index in [1.807, 2.05) is 11.4 Å². The Hall–Kier alpha value is 0.300. The van der Waals surface area contributed by atoms with Crippen LogP contribution in [0.5, 0.6) is 0 Å². The number of thiophene rings is 1. The summed E-state index contributed by atoms with van der Waals surface area (Å²) in [6, 6.07) is 1.85. The van der Waals surface area contributed by atoms with Crippen LogP contribution in [0.3, 0.4) is 0 Å². The third kappa shape index (κ3) is 1.39. The zero-order valence-corrected chi connectivity index (χ0v) is 8.81. The largest absolute Gasteiger partial charge is 0.383 e. The van der Waals surface area contributed by atoms with Crippen LogP contribution in [-0.2, 0) is 5.60 Å². The van der Waals surface area contributed by atoms with Crippen LogP contribution in [0.1, 0.15) is 11.3 Å². The van der Waals surface area contributed by atoms with Crippen molar-refractivity contribution in [2.75, 3.05) is 11.5 Å². The number of aliphatic hydroxyl groups is 1. The maximum Gasteiger partial charge on any atom is 0.110 e. The number of rotatable bonds is 1. The molecule has 2 rings (SSSR count). The normalized spacial score (nSPS) is 29.5. The quantitative estimate of drug-likeness (QED) is 0.786. The second-order valence-corrected chi connectivity index (χ2v) is 5.36. The lowest BCUT2D eigenvalue weighted by molar-refractivity contribution is 0.0698. The number of hydrogen-bond acceptors (Lipinski definition) is 3. The maximum atomic E-state index is 10.1. The summed E-state index contributed by atoms with van der Waals surface area (Å²) in [5.74, 6) is 1.82. The van der Waals surface area contributed by atoms with Gasteiger partial charge in [-0.1, -0.05) is 11.6 Å². The molecule has 2 heterocycles. The molecule has 1 unspecified atom stereocenters. The van der Waals surface area contributed by atoms with Gasteiger partial charge in [0.2, 0.25) is 0 Å². The van der Waals surface area contributed by atoms with E-state index in [1.165, 1.54) is 0 Å². The average molecular weight is 221 g/mol. The second-order valence-electron chi connectivity index (χ2n) is 2.93. The summed E-state index contributed by atoms with van der Waals surface area (Å²) < 4.78 is 0. The second kappa shape index (κ2) is 3.22. The van der Waals surface area contributed by atoms with Gasteiger partial charge in [0.05, 0.1) is 9.90 Å². The van der Waals surface area contributed by atoms with E-state index in [-0.39, 0.29) is 0 Å². The molecule has 0 radical (unpaired) electrons. The Morgan fingerprint density at radius 1 is 1.58 bits per heavy atom. The minimum Gasteiger partial charge on any atom is -0.383 e. The summed E-state index contributed by atoms with van der Waals surface area (Å²) >= 11 is 9.29. The molecule has 0 bridgehead atoms. The Morgan fingerprint density at radius 3 is 2.92 bits per heavy atom. The minimum atomic E-state index is -0.643. The molecule has 1 atom stereocenters. The van der Waals surface area contributed by atoms with E-state index in [0.717, 1.165) is 22.8 Å². The highest BCUT2D eigenvalue weighted by Gasteiger charge is 2.36. The topological polar surface area (TPSA) is 20.2 Å². The molecule has 1 aromatic heterocycles. The summed E-state index contributed by atoms with van der Waals surface area (Å²) in [6.07, 6.45) is 0.831. The lowest BCUT2D eigenvalue weighted by Gasteiger charge is -2.19. The van der Waals surface area contributed by atoms with Crippen molar-refractivity contribution in [3.05, 3.63) is 21.3 Å². The smallest absolute Gasteiger partial charge is 0.110 e. The first-order valence-electron chi connectivity index (χ1n) is 3.76. The summed E-state index contributed by atoms with van der Waals surface area (Å²) in [7, 11) is 0. The molecule has 1 N–H and O–H groups in total. The van der Waals surface area contributed by atoms with Crippen molar-refractivity contribution in [2.24, 2.45) is 0 Å². The summed E-state index contributed by atoms with van der Waals surface area (Å²) in [4.78, 5) is 0.939. The first-order valence-corrected chi connectivity index (χ1v) is 6.17. The van der Waals surface area contributed by atoms with E-state index in [4.69, 9.17) is 11.6 Å². The minimum absolute atomic E-state index is 0.643. The van der Waals surface area contributed by atoms with Crippen molar-refractivity contribution in [1.82, 2.24) is 0 Å². The molecule has 0 aliphatic carbocycles. The SMILES string of the molecule is OC1(c2sccc2Cl)CCSC1.